The molecule has 2 aromatic carbocycles. The highest BCUT2D eigenvalue weighted by atomic mass is 32.2. The highest BCUT2D eigenvalue weighted by Crippen LogP contribution is 2.36. The monoisotopic (exact) mass is 392 g/mol. The van der Waals surface area contributed by atoms with Crippen molar-refractivity contribution in [3.05, 3.63) is 88.3 Å². The Labute approximate surface area is 166 Å². The smallest absolute Gasteiger partial charge is 0.298 e. The molecule has 0 saturated carbocycles. The van der Waals surface area contributed by atoms with Gasteiger partial charge >= 0.3 is 0 Å². The van der Waals surface area contributed by atoms with Crippen molar-refractivity contribution >= 4 is 34.7 Å². The number of hydrogen-bond acceptors (Lipinski definition) is 3. The molecule has 4 rings (SSSR count). The van der Waals surface area contributed by atoms with Gasteiger partial charge in [0.1, 0.15) is 5.82 Å². The average molecular weight is 392 g/mol. The van der Waals surface area contributed by atoms with Crippen LogP contribution in [0.3, 0.4) is 0 Å². The molecule has 1 saturated heterocycles. The number of nitrogens with zero attached hydrogens (tertiary/aromatic N) is 2. The first kappa shape index (κ1) is 18.3. The number of benzene rings is 2. The highest BCUT2D eigenvalue weighted by Gasteiger charge is 2.36. The number of para-hydroxylation sites is 2. The van der Waals surface area contributed by atoms with Crippen molar-refractivity contribution in [1.82, 2.24) is 4.57 Å². The number of carbonyl (C=O) groups excluding carboxylic acids is 2. The summed E-state index contributed by atoms with van der Waals surface area (Å²) in [4.78, 5) is 26.7. The van der Waals surface area contributed by atoms with Gasteiger partial charge in [0.2, 0.25) is 0 Å². The Kier molecular flexibility index (Phi) is 4.65. The number of halogens is 1. The quantitative estimate of drug-likeness (QED) is 0.555. The first-order valence-electron chi connectivity index (χ1n) is 8.74. The lowest BCUT2D eigenvalue weighted by Gasteiger charge is -2.11. The van der Waals surface area contributed by atoms with E-state index in [0.29, 0.717) is 16.3 Å². The summed E-state index contributed by atoms with van der Waals surface area (Å²) >= 11 is 0.909. The minimum atomic E-state index is -0.350. The Morgan fingerprint density at radius 3 is 2.36 bits per heavy atom. The van der Waals surface area contributed by atoms with Gasteiger partial charge in [-0.2, -0.15) is 0 Å². The van der Waals surface area contributed by atoms with Gasteiger partial charge in [-0.05, 0) is 67.6 Å². The van der Waals surface area contributed by atoms with Gasteiger partial charge in [0.15, 0.2) is 0 Å². The summed E-state index contributed by atoms with van der Waals surface area (Å²) < 4.78 is 16.1. The fraction of sp³-hybridized carbons (Fsp3) is 0.0909. The largest absolute Gasteiger partial charge is 0.315 e. The molecule has 3 aromatic rings. The topological polar surface area (TPSA) is 42.3 Å². The summed E-state index contributed by atoms with van der Waals surface area (Å²) in [7, 11) is 0. The summed E-state index contributed by atoms with van der Waals surface area (Å²) in [6.07, 6.45) is 1.70. The first-order valence-corrected chi connectivity index (χ1v) is 9.56. The van der Waals surface area contributed by atoms with Gasteiger partial charge < -0.3 is 4.57 Å². The molecular weight excluding hydrogens is 375 g/mol. The summed E-state index contributed by atoms with van der Waals surface area (Å²) in [6, 6.07) is 17.3. The molecule has 0 bridgehead atoms. The fourth-order valence-electron chi connectivity index (χ4n) is 3.35. The number of rotatable bonds is 3. The molecular formula is C22H17FN2O2S. The molecule has 2 heterocycles. The molecule has 1 aromatic heterocycles. The Hall–Kier alpha value is -3.12. The van der Waals surface area contributed by atoms with Gasteiger partial charge in [-0.25, -0.2) is 9.29 Å². The molecule has 1 fully saturated rings. The second kappa shape index (κ2) is 7.13. The number of carbonyl (C=O) groups is 2. The third kappa shape index (κ3) is 3.05. The Morgan fingerprint density at radius 2 is 1.64 bits per heavy atom. The molecule has 0 N–H and O–H groups in total. The average Bonchev–Trinajstić information content (AvgIpc) is 3.12. The van der Waals surface area contributed by atoms with Crippen LogP contribution in [0.5, 0.6) is 0 Å². The lowest BCUT2D eigenvalue weighted by molar-refractivity contribution is -0.113. The van der Waals surface area contributed by atoms with Gasteiger partial charge in [0.05, 0.1) is 16.3 Å². The summed E-state index contributed by atoms with van der Waals surface area (Å²) in [5.74, 6) is -0.669. The number of imide groups is 1. The normalized spacial score (nSPS) is 15.7. The summed E-state index contributed by atoms with van der Waals surface area (Å²) in [6.45, 7) is 3.75. The van der Waals surface area contributed by atoms with Crippen molar-refractivity contribution in [2.45, 2.75) is 13.8 Å². The second-order valence-electron chi connectivity index (χ2n) is 6.47. The van der Waals surface area contributed by atoms with Crippen LogP contribution >= 0.6 is 11.8 Å². The van der Waals surface area contributed by atoms with Crippen molar-refractivity contribution in [3.63, 3.8) is 0 Å². The molecule has 0 atom stereocenters. The Balaban J connectivity index is 1.73. The van der Waals surface area contributed by atoms with Crippen LogP contribution < -0.4 is 4.90 Å². The van der Waals surface area contributed by atoms with E-state index in [1.165, 1.54) is 11.0 Å². The van der Waals surface area contributed by atoms with Crippen LogP contribution in [0.2, 0.25) is 0 Å². The van der Waals surface area contributed by atoms with Crippen LogP contribution in [0.15, 0.2) is 65.6 Å². The molecule has 4 nitrogen and oxygen atoms in total. The standard InChI is InChI=1S/C22H17FN2O2S/c1-14-12-16(15(2)24(14)19-11-7-6-10-18(19)23)13-20-21(26)25(22(27)28-20)17-8-4-3-5-9-17/h3-13H,1-2H3/b20-13-. The zero-order valence-corrected chi connectivity index (χ0v) is 16.2. The van der Waals surface area contributed by atoms with E-state index in [0.717, 1.165) is 28.7 Å². The van der Waals surface area contributed by atoms with E-state index >= 15 is 0 Å². The van der Waals surface area contributed by atoms with Crippen molar-refractivity contribution in [2.24, 2.45) is 0 Å². The number of aryl methyl sites for hydroxylation is 1. The minimum absolute atomic E-state index is 0.319. The van der Waals surface area contributed by atoms with Crippen LogP contribution in [0.25, 0.3) is 11.8 Å². The van der Waals surface area contributed by atoms with Crippen LogP contribution in [0, 0.1) is 19.7 Å². The van der Waals surface area contributed by atoms with E-state index in [1.54, 1.807) is 48.5 Å². The predicted octanol–water partition coefficient (Wildman–Crippen LogP) is 5.47. The van der Waals surface area contributed by atoms with E-state index in [9.17, 15) is 14.0 Å². The number of aromatic nitrogens is 1. The molecule has 2 amide bonds. The summed E-state index contributed by atoms with van der Waals surface area (Å²) in [5.41, 5.74) is 3.42. The molecule has 28 heavy (non-hydrogen) atoms. The van der Waals surface area contributed by atoms with Gasteiger partial charge in [0, 0.05) is 11.4 Å². The lowest BCUT2D eigenvalue weighted by atomic mass is 10.2. The van der Waals surface area contributed by atoms with Gasteiger partial charge in [-0.15, -0.1) is 0 Å². The van der Waals surface area contributed by atoms with E-state index in [1.807, 2.05) is 30.5 Å². The summed E-state index contributed by atoms with van der Waals surface area (Å²) in [5, 5.41) is -0.328. The van der Waals surface area contributed by atoms with Crippen molar-refractivity contribution in [3.8, 4) is 5.69 Å². The zero-order chi connectivity index (χ0) is 19.8. The number of anilines is 1. The number of thioether (sulfide) groups is 1. The Bertz CT molecular complexity index is 1120. The first-order chi connectivity index (χ1) is 13.5. The predicted molar refractivity (Wildman–Crippen MR) is 110 cm³/mol. The maximum Gasteiger partial charge on any atom is 0.298 e. The Morgan fingerprint density at radius 1 is 0.964 bits per heavy atom. The molecule has 0 spiro atoms. The number of hydrogen-bond donors (Lipinski definition) is 0. The van der Waals surface area contributed by atoms with Crippen LogP contribution in [0.1, 0.15) is 17.0 Å². The lowest BCUT2D eigenvalue weighted by Crippen LogP contribution is -2.27. The molecule has 0 unspecified atom stereocenters. The van der Waals surface area contributed by atoms with Crippen molar-refractivity contribution in [2.75, 3.05) is 4.90 Å². The molecule has 140 valence electrons. The third-order valence-electron chi connectivity index (χ3n) is 4.66. The maximum absolute atomic E-state index is 14.3. The van der Waals surface area contributed by atoms with E-state index in [2.05, 4.69) is 0 Å². The molecule has 1 aliphatic heterocycles. The molecule has 1 aliphatic rings. The third-order valence-corrected chi connectivity index (χ3v) is 5.53. The van der Waals surface area contributed by atoms with Gasteiger partial charge in [-0.3, -0.25) is 9.59 Å². The van der Waals surface area contributed by atoms with Crippen LogP contribution in [-0.2, 0) is 4.79 Å². The maximum atomic E-state index is 14.3. The van der Waals surface area contributed by atoms with Crippen LogP contribution in [-0.4, -0.2) is 15.7 Å². The second-order valence-corrected chi connectivity index (χ2v) is 7.46. The van der Waals surface area contributed by atoms with E-state index in [-0.39, 0.29) is 17.0 Å². The highest BCUT2D eigenvalue weighted by molar-refractivity contribution is 8.19. The van der Waals surface area contributed by atoms with E-state index in [4.69, 9.17) is 0 Å². The van der Waals surface area contributed by atoms with E-state index < -0.39 is 0 Å². The fourth-order valence-corrected chi connectivity index (χ4v) is 4.18. The van der Waals surface area contributed by atoms with Crippen molar-refractivity contribution < 1.29 is 14.0 Å². The van der Waals surface area contributed by atoms with Crippen molar-refractivity contribution in [1.29, 1.82) is 0 Å². The van der Waals surface area contributed by atoms with Gasteiger partial charge in [0.25, 0.3) is 11.1 Å². The molecule has 0 aliphatic carbocycles. The molecule has 6 heteroatoms. The minimum Gasteiger partial charge on any atom is -0.315 e. The SMILES string of the molecule is Cc1cc(/C=C2\SC(=O)N(c3ccccc3)C2=O)c(C)n1-c1ccccc1F. The zero-order valence-electron chi connectivity index (χ0n) is 15.3. The van der Waals surface area contributed by atoms with Crippen LogP contribution in [0.4, 0.5) is 14.9 Å². The number of amides is 2. The van der Waals surface area contributed by atoms with Gasteiger partial charge in [-0.1, -0.05) is 30.3 Å². The molecule has 0 radical (unpaired) electrons.